The first-order valence-corrected chi connectivity index (χ1v) is 5.51. The zero-order valence-corrected chi connectivity index (χ0v) is 9.22. The first-order valence-electron chi connectivity index (χ1n) is 5.51. The smallest absolute Gasteiger partial charge is 0.137 e. The van der Waals surface area contributed by atoms with Crippen molar-refractivity contribution in [3.63, 3.8) is 0 Å². The van der Waals surface area contributed by atoms with Gasteiger partial charge in [0.15, 0.2) is 0 Å². The summed E-state index contributed by atoms with van der Waals surface area (Å²) in [4.78, 5) is 7.41. The van der Waals surface area contributed by atoms with Crippen molar-refractivity contribution in [1.82, 2.24) is 9.97 Å². The first kappa shape index (κ1) is 10.1. The molecule has 2 aromatic heterocycles. The van der Waals surface area contributed by atoms with E-state index in [2.05, 4.69) is 16.0 Å². The van der Waals surface area contributed by atoms with Crippen LogP contribution in [0.5, 0.6) is 0 Å². The van der Waals surface area contributed by atoms with E-state index in [-0.39, 0.29) is 6.61 Å². The number of aliphatic hydroxyl groups is 1. The van der Waals surface area contributed by atoms with Crippen LogP contribution in [-0.2, 0) is 6.61 Å². The van der Waals surface area contributed by atoms with E-state index in [4.69, 9.17) is 0 Å². The number of rotatable bonds is 2. The van der Waals surface area contributed by atoms with Gasteiger partial charge in [-0.1, -0.05) is 30.3 Å². The lowest BCUT2D eigenvalue weighted by atomic mass is 10.1. The van der Waals surface area contributed by atoms with Crippen molar-refractivity contribution < 1.29 is 5.11 Å². The number of nitrogens with zero attached hydrogens (tertiary/aromatic N) is 1. The molecule has 3 aromatic rings. The highest BCUT2D eigenvalue weighted by Crippen LogP contribution is 2.24. The lowest BCUT2D eigenvalue weighted by Gasteiger charge is -2.01. The second kappa shape index (κ2) is 4.03. The number of hydrogen-bond donors (Lipinski definition) is 2. The van der Waals surface area contributed by atoms with Gasteiger partial charge in [0.05, 0.1) is 6.61 Å². The molecule has 2 heterocycles. The summed E-state index contributed by atoms with van der Waals surface area (Å²) in [6.07, 6.45) is 3.64. The van der Waals surface area contributed by atoms with E-state index in [1.54, 1.807) is 6.20 Å². The summed E-state index contributed by atoms with van der Waals surface area (Å²) < 4.78 is 0. The van der Waals surface area contributed by atoms with Crippen LogP contribution in [0.15, 0.2) is 48.8 Å². The van der Waals surface area contributed by atoms with E-state index in [9.17, 15) is 5.11 Å². The normalized spacial score (nSPS) is 10.9. The maximum absolute atomic E-state index is 9.24. The van der Waals surface area contributed by atoms with Crippen molar-refractivity contribution in [2.75, 3.05) is 0 Å². The van der Waals surface area contributed by atoms with Crippen LogP contribution in [-0.4, -0.2) is 15.1 Å². The van der Waals surface area contributed by atoms with Gasteiger partial charge in [-0.25, -0.2) is 4.98 Å². The summed E-state index contributed by atoms with van der Waals surface area (Å²) in [5.74, 6) is 0. The van der Waals surface area contributed by atoms with Crippen molar-refractivity contribution in [3.05, 3.63) is 54.4 Å². The Hall–Kier alpha value is -2.13. The fraction of sp³-hybridized carbons (Fsp3) is 0.0714. The van der Waals surface area contributed by atoms with Crippen LogP contribution in [0.3, 0.4) is 0 Å². The molecule has 0 bridgehead atoms. The highest BCUT2D eigenvalue weighted by atomic mass is 16.3. The van der Waals surface area contributed by atoms with Crippen LogP contribution in [0.4, 0.5) is 0 Å². The van der Waals surface area contributed by atoms with Gasteiger partial charge < -0.3 is 10.1 Å². The third-order valence-corrected chi connectivity index (χ3v) is 2.89. The minimum absolute atomic E-state index is 0.0277. The molecule has 2 N–H and O–H groups in total. The van der Waals surface area contributed by atoms with Gasteiger partial charge in [-0.15, -0.1) is 0 Å². The van der Waals surface area contributed by atoms with Crippen LogP contribution < -0.4 is 0 Å². The third kappa shape index (κ3) is 1.70. The Kier molecular flexibility index (Phi) is 2.38. The van der Waals surface area contributed by atoms with Gasteiger partial charge in [0.25, 0.3) is 0 Å². The Morgan fingerprint density at radius 2 is 1.94 bits per heavy atom. The molecule has 0 aliphatic heterocycles. The van der Waals surface area contributed by atoms with E-state index in [0.717, 1.165) is 27.7 Å². The molecule has 0 atom stereocenters. The molecule has 0 fully saturated rings. The summed E-state index contributed by atoms with van der Waals surface area (Å²) in [5.41, 5.74) is 3.89. The molecule has 1 aromatic carbocycles. The molecule has 0 aliphatic rings. The van der Waals surface area contributed by atoms with Crippen LogP contribution in [0.2, 0.25) is 0 Å². The number of aromatic nitrogens is 2. The van der Waals surface area contributed by atoms with E-state index in [0.29, 0.717) is 0 Å². The van der Waals surface area contributed by atoms with Gasteiger partial charge >= 0.3 is 0 Å². The lowest BCUT2D eigenvalue weighted by Crippen LogP contribution is -1.83. The highest BCUT2D eigenvalue weighted by molar-refractivity contribution is 5.84. The standard InChI is InChI=1S/C14H12N2O/c17-9-12-8-16-14-13(12)6-11(7-15-14)10-4-2-1-3-5-10/h1-8,17H,9H2,(H,15,16). The molecule has 84 valence electrons. The first-order chi connectivity index (χ1) is 8.38. The fourth-order valence-electron chi connectivity index (χ4n) is 1.98. The summed E-state index contributed by atoms with van der Waals surface area (Å²) in [7, 11) is 0. The van der Waals surface area contributed by atoms with Crippen molar-refractivity contribution in [2.24, 2.45) is 0 Å². The monoisotopic (exact) mass is 224 g/mol. The Balaban J connectivity index is 2.19. The minimum Gasteiger partial charge on any atom is -0.392 e. The van der Waals surface area contributed by atoms with Crippen molar-refractivity contribution in [1.29, 1.82) is 0 Å². The average molecular weight is 224 g/mol. The van der Waals surface area contributed by atoms with E-state index in [1.807, 2.05) is 36.5 Å². The molecule has 0 amide bonds. The Labute approximate surface area is 98.8 Å². The van der Waals surface area contributed by atoms with Crippen LogP contribution in [0.25, 0.3) is 22.2 Å². The van der Waals surface area contributed by atoms with E-state index in [1.165, 1.54) is 0 Å². The van der Waals surface area contributed by atoms with E-state index >= 15 is 0 Å². The van der Waals surface area contributed by atoms with Crippen LogP contribution in [0.1, 0.15) is 5.56 Å². The Morgan fingerprint density at radius 1 is 1.12 bits per heavy atom. The van der Waals surface area contributed by atoms with Gasteiger partial charge in [0, 0.05) is 28.9 Å². The van der Waals surface area contributed by atoms with Gasteiger partial charge in [0.2, 0.25) is 0 Å². The zero-order chi connectivity index (χ0) is 11.7. The second-order valence-electron chi connectivity index (χ2n) is 3.96. The number of pyridine rings is 1. The molecule has 0 saturated heterocycles. The van der Waals surface area contributed by atoms with E-state index < -0.39 is 0 Å². The Morgan fingerprint density at radius 3 is 2.71 bits per heavy atom. The van der Waals surface area contributed by atoms with Gasteiger partial charge in [-0.05, 0) is 11.6 Å². The summed E-state index contributed by atoms with van der Waals surface area (Å²) >= 11 is 0. The number of benzene rings is 1. The Bertz CT molecular complexity index is 644. The average Bonchev–Trinajstić information content (AvgIpc) is 2.81. The molecule has 3 rings (SSSR count). The second-order valence-corrected chi connectivity index (χ2v) is 3.96. The van der Waals surface area contributed by atoms with Gasteiger partial charge in [0.1, 0.15) is 5.65 Å². The highest BCUT2D eigenvalue weighted by Gasteiger charge is 2.05. The summed E-state index contributed by atoms with van der Waals surface area (Å²) in [6.45, 7) is 0.0277. The molecule has 0 radical (unpaired) electrons. The molecular weight excluding hydrogens is 212 g/mol. The molecule has 0 spiro atoms. The number of hydrogen-bond acceptors (Lipinski definition) is 2. The molecule has 17 heavy (non-hydrogen) atoms. The predicted molar refractivity (Wildman–Crippen MR) is 67.5 cm³/mol. The maximum atomic E-state index is 9.24. The number of fused-ring (bicyclic) bond motifs is 1. The summed E-state index contributed by atoms with van der Waals surface area (Å²) in [5, 5.41) is 10.2. The van der Waals surface area contributed by atoms with Gasteiger partial charge in [-0.2, -0.15) is 0 Å². The molecule has 3 nitrogen and oxygen atoms in total. The third-order valence-electron chi connectivity index (χ3n) is 2.89. The van der Waals surface area contributed by atoms with Crippen molar-refractivity contribution >= 4 is 11.0 Å². The molecule has 0 unspecified atom stereocenters. The SMILES string of the molecule is OCc1c[nH]c2ncc(-c3ccccc3)cc12. The number of nitrogens with one attached hydrogen (secondary N) is 1. The largest absolute Gasteiger partial charge is 0.392 e. The molecule has 0 aliphatic carbocycles. The number of aromatic amines is 1. The number of aliphatic hydroxyl groups excluding tert-OH is 1. The molecule has 0 saturated carbocycles. The minimum atomic E-state index is 0.0277. The van der Waals surface area contributed by atoms with Gasteiger partial charge in [-0.3, -0.25) is 0 Å². The molecule has 3 heteroatoms. The topological polar surface area (TPSA) is 48.9 Å². The quantitative estimate of drug-likeness (QED) is 0.703. The van der Waals surface area contributed by atoms with Crippen LogP contribution >= 0.6 is 0 Å². The van der Waals surface area contributed by atoms with Crippen molar-refractivity contribution in [3.8, 4) is 11.1 Å². The lowest BCUT2D eigenvalue weighted by molar-refractivity contribution is 0.283. The molecular formula is C14H12N2O. The van der Waals surface area contributed by atoms with Crippen molar-refractivity contribution in [2.45, 2.75) is 6.61 Å². The zero-order valence-electron chi connectivity index (χ0n) is 9.22. The maximum Gasteiger partial charge on any atom is 0.137 e. The predicted octanol–water partition coefficient (Wildman–Crippen LogP) is 2.72. The summed E-state index contributed by atoms with van der Waals surface area (Å²) in [6, 6.07) is 12.2. The number of H-pyrrole nitrogens is 1. The van der Waals surface area contributed by atoms with Crippen LogP contribution in [0, 0.1) is 0 Å². The fourth-order valence-corrected chi connectivity index (χ4v) is 1.98.